The van der Waals surface area contributed by atoms with Gasteiger partial charge in [-0.25, -0.2) is 0 Å². The summed E-state index contributed by atoms with van der Waals surface area (Å²) in [5.41, 5.74) is 6.71. The average Bonchev–Trinajstić information content (AvgIpc) is 2.62. The maximum Gasteiger partial charge on any atom is 0.273 e. The molecule has 0 spiro atoms. The van der Waals surface area contributed by atoms with E-state index in [9.17, 15) is 0 Å². The minimum Gasteiger partial charge on any atom is -0.453 e. The van der Waals surface area contributed by atoms with Crippen molar-refractivity contribution < 1.29 is 9.47 Å². The van der Waals surface area contributed by atoms with E-state index < -0.39 is 5.79 Å². The first-order valence-electron chi connectivity index (χ1n) is 4.28. The van der Waals surface area contributed by atoms with Crippen LogP contribution in [0.15, 0.2) is 24.7 Å². The molecular weight excluding hydrogens is 237 g/mol. The number of benzene rings is 1. The lowest BCUT2D eigenvalue weighted by molar-refractivity contribution is -0.133. The summed E-state index contributed by atoms with van der Waals surface area (Å²) in [5, 5.41) is 0.774. The number of hydrogen-bond acceptors (Lipinski definition) is 3. The highest BCUT2D eigenvalue weighted by Crippen LogP contribution is 2.37. The Bertz CT molecular complexity index is 400. The zero-order valence-corrected chi connectivity index (χ0v) is 9.47. The Morgan fingerprint density at radius 3 is 2.07 bits per heavy atom. The van der Waals surface area contributed by atoms with Crippen LogP contribution in [-0.4, -0.2) is 0 Å². The third kappa shape index (κ3) is 1.73. The maximum absolute atomic E-state index is 5.92. The predicted octanol–water partition coefficient (Wildman–Crippen LogP) is 3.27. The van der Waals surface area contributed by atoms with Crippen molar-refractivity contribution in [3.63, 3.8) is 0 Å². The zero-order valence-electron chi connectivity index (χ0n) is 7.96. The van der Waals surface area contributed by atoms with Gasteiger partial charge in [-0.3, -0.25) is 0 Å². The van der Waals surface area contributed by atoms with Crippen molar-refractivity contribution in [2.45, 2.75) is 12.7 Å². The molecule has 1 heterocycles. The zero-order chi connectivity index (χ0) is 11.1. The number of hydrogen-bond donors (Lipinski definition) is 1. The number of rotatable bonds is 1. The molecule has 1 aromatic rings. The Hall–Kier alpha value is -1.06. The van der Waals surface area contributed by atoms with Gasteiger partial charge in [-0.15, -0.1) is 0 Å². The Morgan fingerprint density at radius 1 is 1.13 bits per heavy atom. The molecule has 0 saturated carbocycles. The molecular formula is C10H9Cl2NO2. The molecule has 0 aromatic heterocycles. The highest BCUT2D eigenvalue weighted by molar-refractivity contribution is 6.38. The predicted molar refractivity (Wildman–Crippen MR) is 59.5 cm³/mol. The summed E-state index contributed by atoms with van der Waals surface area (Å²) >= 11 is 11.8. The summed E-state index contributed by atoms with van der Waals surface area (Å²) in [7, 11) is 0. The minimum absolute atomic E-state index is 0.358. The second kappa shape index (κ2) is 3.51. The fraction of sp³-hybridized carbons (Fsp3) is 0.200. The van der Waals surface area contributed by atoms with Crippen LogP contribution in [0.3, 0.4) is 0 Å². The van der Waals surface area contributed by atoms with Crippen LogP contribution in [0.5, 0.6) is 0 Å². The Morgan fingerprint density at radius 2 is 1.60 bits per heavy atom. The number of anilines is 1. The monoisotopic (exact) mass is 245 g/mol. The van der Waals surface area contributed by atoms with Gasteiger partial charge in [0.15, 0.2) is 0 Å². The van der Waals surface area contributed by atoms with Gasteiger partial charge < -0.3 is 15.2 Å². The molecule has 0 unspecified atom stereocenters. The van der Waals surface area contributed by atoms with Crippen molar-refractivity contribution in [1.29, 1.82) is 0 Å². The largest absolute Gasteiger partial charge is 0.453 e. The summed E-state index contributed by atoms with van der Waals surface area (Å²) in [6.45, 7) is 1.77. The van der Waals surface area contributed by atoms with Gasteiger partial charge in [0.1, 0.15) is 12.5 Å². The second-order valence-corrected chi connectivity index (χ2v) is 4.12. The number of halogens is 2. The van der Waals surface area contributed by atoms with Crippen molar-refractivity contribution >= 4 is 28.9 Å². The van der Waals surface area contributed by atoms with Gasteiger partial charge in [-0.05, 0) is 12.1 Å². The molecule has 2 rings (SSSR count). The van der Waals surface area contributed by atoms with Crippen LogP contribution in [0.4, 0.5) is 5.69 Å². The smallest absolute Gasteiger partial charge is 0.273 e. The van der Waals surface area contributed by atoms with E-state index in [4.69, 9.17) is 38.4 Å². The molecule has 0 amide bonds. The van der Waals surface area contributed by atoms with E-state index in [1.165, 1.54) is 12.5 Å². The van der Waals surface area contributed by atoms with Gasteiger partial charge in [0.2, 0.25) is 0 Å². The lowest BCUT2D eigenvalue weighted by Crippen LogP contribution is -2.22. The molecule has 0 saturated heterocycles. The van der Waals surface area contributed by atoms with E-state index >= 15 is 0 Å². The molecule has 0 radical (unpaired) electrons. The van der Waals surface area contributed by atoms with E-state index in [-0.39, 0.29) is 0 Å². The molecule has 15 heavy (non-hydrogen) atoms. The quantitative estimate of drug-likeness (QED) is 0.773. The Kier molecular flexibility index (Phi) is 2.44. The van der Waals surface area contributed by atoms with Crippen molar-refractivity contribution in [1.82, 2.24) is 0 Å². The molecule has 3 nitrogen and oxygen atoms in total. The first-order valence-corrected chi connectivity index (χ1v) is 5.04. The van der Waals surface area contributed by atoms with Gasteiger partial charge in [-0.2, -0.15) is 0 Å². The Balaban J connectivity index is 2.46. The summed E-state index contributed by atoms with van der Waals surface area (Å²) in [6.07, 6.45) is 2.94. The number of nitrogen functional groups attached to an aromatic ring is 1. The van der Waals surface area contributed by atoms with Crippen LogP contribution in [0, 0.1) is 0 Å². The average molecular weight is 246 g/mol. The molecule has 2 N–H and O–H groups in total. The maximum atomic E-state index is 5.92. The SMILES string of the molecule is CC1(c2cc(Cl)c(N)c(Cl)c2)OC=CO1. The topological polar surface area (TPSA) is 44.5 Å². The lowest BCUT2D eigenvalue weighted by Gasteiger charge is -2.24. The van der Waals surface area contributed by atoms with Gasteiger partial charge in [0.05, 0.1) is 15.7 Å². The van der Waals surface area contributed by atoms with Gasteiger partial charge in [0.25, 0.3) is 5.79 Å². The van der Waals surface area contributed by atoms with Gasteiger partial charge in [-0.1, -0.05) is 23.2 Å². The molecule has 0 atom stereocenters. The molecule has 0 fully saturated rings. The minimum atomic E-state index is -0.874. The van der Waals surface area contributed by atoms with E-state index in [1.807, 2.05) is 0 Å². The van der Waals surface area contributed by atoms with Crippen molar-refractivity contribution in [3.05, 3.63) is 40.3 Å². The fourth-order valence-electron chi connectivity index (χ4n) is 1.33. The first kappa shape index (κ1) is 10.5. The van der Waals surface area contributed by atoms with Gasteiger partial charge in [0, 0.05) is 12.5 Å². The van der Waals surface area contributed by atoms with E-state index in [0.717, 1.165) is 5.56 Å². The summed E-state index contributed by atoms with van der Waals surface area (Å²) < 4.78 is 10.6. The van der Waals surface area contributed by atoms with Crippen molar-refractivity contribution in [3.8, 4) is 0 Å². The number of ether oxygens (including phenoxy) is 2. The number of nitrogens with two attached hydrogens (primary N) is 1. The first-order chi connectivity index (χ1) is 7.03. The lowest BCUT2D eigenvalue weighted by atomic mass is 10.1. The molecule has 1 aliphatic rings. The highest BCUT2D eigenvalue weighted by atomic mass is 35.5. The summed E-state index contributed by atoms with van der Waals surface area (Å²) in [6, 6.07) is 3.35. The van der Waals surface area contributed by atoms with E-state index in [1.54, 1.807) is 19.1 Å². The van der Waals surface area contributed by atoms with Crippen LogP contribution in [0.2, 0.25) is 10.0 Å². The third-order valence-corrected chi connectivity index (χ3v) is 2.87. The van der Waals surface area contributed by atoms with Crippen LogP contribution in [0.25, 0.3) is 0 Å². The summed E-state index contributed by atoms with van der Waals surface area (Å²) in [4.78, 5) is 0. The fourth-order valence-corrected chi connectivity index (χ4v) is 1.81. The van der Waals surface area contributed by atoms with E-state index in [0.29, 0.717) is 15.7 Å². The molecule has 0 aliphatic carbocycles. The van der Waals surface area contributed by atoms with Crippen LogP contribution >= 0.6 is 23.2 Å². The van der Waals surface area contributed by atoms with E-state index in [2.05, 4.69) is 0 Å². The van der Waals surface area contributed by atoms with Crippen LogP contribution in [-0.2, 0) is 15.3 Å². The standard InChI is InChI=1S/C10H9Cl2NO2/c1-10(14-2-3-15-10)6-4-7(11)9(13)8(12)5-6/h2-5H,13H2,1H3. The normalized spacial score (nSPS) is 17.3. The second-order valence-electron chi connectivity index (χ2n) is 3.31. The third-order valence-electron chi connectivity index (χ3n) is 2.24. The molecule has 1 aliphatic heterocycles. The molecule has 5 heteroatoms. The van der Waals surface area contributed by atoms with Crippen molar-refractivity contribution in [2.75, 3.05) is 5.73 Å². The summed E-state index contributed by atoms with van der Waals surface area (Å²) in [5.74, 6) is -0.874. The molecule has 80 valence electrons. The van der Waals surface area contributed by atoms with Gasteiger partial charge >= 0.3 is 0 Å². The molecule has 0 bridgehead atoms. The highest BCUT2D eigenvalue weighted by Gasteiger charge is 2.33. The molecule has 1 aromatic carbocycles. The van der Waals surface area contributed by atoms with Crippen LogP contribution in [0.1, 0.15) is 12.5 Å². The Labute approximate surface area is 97.4 Å². The van der Waals surface area contributed by atoms with Crippen LogP contribution < -0.4 is 5.73 Å². The van der Waals surface area contributed by atoms with Crippen molar-refractivity contribution in [2.24, 2.45) is 0 Å².